The van der Waals surface area contributed by atoms with Crippen LogP contribution in [-0.4, -0.2) is 53.6 Å². The van der Waals surface area contributed by atoms with Crippen molar-refractivity contribution < 1.29 is 83.4 Å². The van der Waals surface area contributed by atoms with Crippen LogP contribution in [0.1, 0.15) is 27.2 Å². The van der Waals surface area contributed by atoms with Crippen LogP contribution < -0.4 is 0 Å². The van der Waals surface area contributed by atoms with Gasteiger partial charge in [-0.15, -0.1) is 0 Å². The van der Waals surface area contributed by atoms with Gasteiger partial charge in [0.05, 0.1) is 0 Å². The second-order valence-electron chi connectivity index (χ2n) is 7.96. The zero-order chi connectivity index (χ0) is 27.7. The predicted molar refractivity (Wildman–Crippen MR) is 69.7 cm³/mol. The lowest BCUT2D eigenvalue weighted by molar-refractivity contribution is -0.469. The van der Waals surface area contributed by atoms with Gasteiger partial charge in [0.25, 0.3) is 0 Å². The molecule has 0 atom stereocenters. The maximum Gasteiger partial charge on any atom is 0.460 e. The quantitative estimate of drug-likeness (QED) is 0.273. The minimum atomic E-state index is -8.87. The van der Waals surface area contributed by atoms with Crippen molar-refractivity contribution in [3.8, 4) is 0 Å². The first-order valence-electron chi connectivity index (χ1n) is 7.80. The molecule has 0 saturated heterocycles. The lowest BCUT2D eigenvalue weighted by Gasteiger charge is -2.44. The second-order valence-corrected chi connectivity index (χ2v) is 7.96. The normalized spacial score (nSPS) is 16.9. The van der Waals surface area contributed by atoms with Crippen LogP contribution in [0.15, 0.2) is 0 Å². The molecule has 0 spiro atoms. The summed E-state index contributed by atoms with van der Waals surface area (Å²) in [6, 6.07) is 0. The molecule has 0 unspecified atom stereocenters. The highest BCUT2D eigenvalue weighted by molar-refractivity contribution is 5.16. The molecule has 0 amide bonds. The zero-order valence-corrected chi connectivity index (χ0v) is 15.9. The Morgan fingerprint density at radius 1 is 0.333 bits per heavy atom. The maximum absolute atomic E-state index is 13.6. The molecule has 0 aliphatic carbocycles. The summed E-state index contributed by atoms with van der Waals surface area (Å²) in [6.45, 7) is 1.78. The summed E-state index contributed by atoms with van der Waals surface area (Å²) < 4.78 is 249. The number of halogens is 19. The lowest BCUT2D eigenvalue weighted by Crippen LogP contribution is -2.75. The van der Waals surface area contributed by atoms with E-state index in [9.17, 15) is 83.4 Å². The SMILES string of the molecule is CC(C)(C)CC(F)(F)C(F)(F)C(F)(F)C(F)(F)C(F)(F)C(F)(F)C(F)(F)C(F)(F)C(F)(F)F. The highest BCUT2D eigenvalue weighted by Crippen LogP contribution is 2.65. The van der Waals surface area contributed by atoms with Crippen LogP contribution in [0.3, 0.4) is 0 Å². The Balaban J connectivity index is 6.89. The topological polar surface area (TPSA) is 0 Å². The molecule has 19 heteroatoms. The molecular formula is C14H11F19. The van der Waals surface area contributed by atoms with Crippen molar-refractivity contribution in [1.82, 2.24) is 0 Å². The Morgan fingerprint density at radius 3 is 0.758 bits per heavy atom. The Morgan fingerprint density at radius 2 is 0.545 bits per heavy atom. The van der Waals surface area contributed by atoms with Gasteiger partial charge < -0.3 is 0 Å². The van der Waals surface area contributed by atoms with Crippen LogP contribution in [0.5, 0.6) is 0 Å². The smallest absolute Gasteiger partial charge is 0.200 e. The number of hydrogen-bond donors (Lipinski definition) is 0. The van der Waals surface area contributed by atoms with E-state index in [0.717, 1.165) is 0 Å². The van der Waals surface area contributed by atoms with Crippen molar-refractivity contribution in [3.05, 3.63) is 0 Å². The number of rotatable bonds is 8. The molecule has 0 aliphatic heterocycles. The van der Waals surface area contributed by atoms with Gasteiger partial charge in [-0.25, -0.2) is 0 Å². The third-order valence-corrected chi connectivity index (χ3v) is 3.93. The maximum atomic E-state index is 13.6. The van der Waals surface area contributed by atoms with Gasteiger partial charge in [-0.3, -0.25) is 0 Å². The van der Waals surface area contributed by atoms with Crippen molar-refractivity contribution in [2.75, 3.05) is 0 Å². The summed E-state index contributed by atoms with van der Waals surface area (Å²) in [5.41, 5.74) is -2.17. The van der Waals surface area contributed by atoms with Crippen molar-refractivity contribution in [2.24, 2.45) is 5.41 Å². The summed E-state index contributed by atoms with van der Waals surface area (Å²) in [4.78, 5) is 0. The Hall–Kier alpha value is -1.33. The fraction of sp³-hybridized carbons (Fsp3) is 1.00. The van der Waals surface area contributed by atoms with Gasteiger partial charge in [0.15, 0.2) is 0 Å². The van der Waals surface area contributed by atoms with Gasteiger partial charge >= 0.3 is 53.6 Å². The summed E-state index contributed by atoms with van der Waals surface area (Å²) in [7, 11) is 0. The average molecular weight is 540 g/mol. The van der Waals surface area contributed by atoms with Crippen LogP contribution in [0, 0.1) is 5.41 Å². The zero-order valence-electron chi connectivity index (χ0n) is 15.9. The first-order valence-corrected chi connectivity index (χ1v) is 7.80. The molecule has 0 nitrogen and oxygen atoms in total. The standard InChI is InChI=1S/C14H11F19/c1-5(2,3)4-6(15,16)7(17,18)8(19,20)9(21,22)10(23,24)11(25,26)12(27,28)13(29,30)14(31,32)33/h4H2,1-3H3. The molecule has 0 saturated carbocycles. The lowest BCUT2D eigenvalue weighted by atomic mass is 9.82. The van der Waals surface area contributed by atoms with Crippen molar-refractivity contribution in [2.45, 2.75) is 80.7 Å². The first kappa shape index (κ1) is 31.7. The molecule has 0 fully saturated rings. The number of alkyl halides is 19. The van der Waals surface area contributed by atoms with Crippen LogP contribution >= 0.6 is 0 Å². The van der Waals surface area contributed by atoms with E-state index >= 15 is 0 Å². The molecule has 0 aromatic heterocycles. The van der Waals surface area contributed by atoms with Gasteiger partial charge in [0, 0.05) is 6.42 Å². The van der Waals surface area contributed by atoms with Gasteiger partial charge in [0.2, 0.25) is 0 Å². The van der Waals surface area contributed by atoms with E-state index in [4.69, 9.17) is 0 Å². The Labute approximate surface area is 171 Å². The monoisotopic (exact) mass is 540 g/mol. The van der Waals surface area contributed by atoms with E-state index in [1.165, 1.54) is 0 Å². The molecular weight excluding hydrogens is 529 g/mol. The van der Waals surface area contributed by atoms with E-state index in [-0.39, 0.29) is 0 Å². The molecule has 0 heterocycles. The van der Waals surface area contributed by atoms with E-state index in [2.05, 4.69) is 0 Å². The summed E-state index contributed by atoms with van der Waals surface area (Å²) in [6.07, 6.45) is -10.4. The van der Waals surface area contributed by atoms with Gasteiger partial charge in [-0.1, -0.05) is 20.8 Å². The summed E-state index contributed by atoms with van der Waals surface area (Å²) in [5.74, 6) is -66.0. The minimum Gasteiger partial charge on any atom is -0.200 e. The molecule has 200 valence electrons. The number of hydrogen-bond acceptors (Lipinski definition) is 0. The third-order valence-electron chi connectivity index (χ3n) is 3.93. The van der Waals surface area contributed by atoms with Crippen molar-refractivity contribution in [1.29, 1.82) is 0 Å². The van der Waals surface area contributed by atoms with Gasteiger partial charge in [0.1, 0.15) is 0 Å². The fourth-order valence-corrected chi connectivity index (χ4v) is 2.17. The van der Waals surface area contributed by atoms with E-state index in [0.29, 0.717) is 20.8 Å². The molecule has 0 N–H and O–H groups in total. The van der Waals surface area contributed by atoms with E-state index in [1.54, 1.807) is 0 Å². The van der Waals surface area contributed by atoms with Crippen LogP contribution in [-0.2, 0) is 0 Å². The molecule has 0 bridgehead atoms. The molecule has 0 aromatic carbocycles. The summed E-state index contributed by atoms with van der Waals surface area (Å²) in [5, 5.41) is 0. The highest BCUT2D eigenvalue weighted by atomic mass is 19.4. The molecule has 0 aromatic rings. The average Bonchev–Trinajstić information content (AvgIpc) is 2.49. The molecule has 0 radical (unpaired) electrons. The summed E-state index contributed by atoms with van der Waals surface area (Å²) >= 11 is 0. The molecule has 0 aliphatic rings. The van der Waals surface area contributed by atoms with Crippen molar-refractivity contribution in [3.63, 3.8) is 0 Å². The third kappa shape index (κ3) is 4.29. The predicted octanol–water partition coefficient (Wildman–Crippen LogP) is 8.07. The second kappa shape index (κ2) is 7.58. The molecule has 33 heavy (non-hydrogen) atoms. The van der Waals surface area contributed by atoms with Crippen LogP contribution in [0.25, 0.3) is 0 Å². The largest absolute Gasteiger partial charge is 0.460 e. The van der Waals surface area contributed by atoms with E-state index < -0.39 is 65.4 Å². The van der Waals surface area contributed by atoms with Crippen molar-refractivity contribution >= 4 is 0 Å². The van der Waals surface area contributed by atoms with Gasteiger partial charge in [-0.2, -0.15) is 83.4 Å². The molecule has 0 rings (SSSR count). The van der Waals surface area contributed by atoms with Gasteiger partial charge in [-0.05, 0) is 5.41 Å². The van der Waals surface area contributed by atoms with Crippen LogP contribution in [0.4, 0.5) is 83.4 Å². The highest BCUT2D eigenvalue weighted by Gasteiger charge is 2.96. The van der Waals surface area contributed by atoms with Crippen LogP contribution in [0.2, 0.25) is 0 Å². The fourth-order valence-electron chi connectivity index (χ4n) is 2.17. The Bertz CT molecular complexity index is 705. The minimum absolute atomic E-state index is 0.593. The van der Waals surface area contributed by atoms with E-state index in [1.807, 2.05) is 0 Å². The Kier molecular flexibility index (Phi) is 7.28. The first-order chi connectivity index (χ1) is 13.7.